The summed E-state index contributed by atoms with van der Waals surface area (Å²) in [4.78, 5) is 7.34. The molecule has 0 spiro atoms. The highest BCUT2D eigenvalue weighted by molar-refractivity contribution is 5.75. The third kappa shape index (κ3) is 2.47. The molecule has 1 aromatic carbocycles. The average molecular weight is 254 g/mol. The monoisotopic (exact) mass is 254 g/mol. The third-order valence-electron chi connectivity index (χ3n) is 4.09. The van der Waals surface area contributed by atoms with Crippen LogP contribution in [0.25, 0.3) is 11.0 Å². The number of hydrogen-bond donors (Lipinski definition) is 2. The van der Waals surface area contributed by atoms with E-state index in [0.29, 0.717) is 0 Å². The maximum Gasteiger partial charge on any atom is 0.0931 e. The van der Waals surface area contributed by atoms with Gasteiger partial charge in [-0.15, -0.1) is 0 Å². The van der Waals surface area contributed by atoms with Crippen molar-refractivity contribution in [3.8, 4) is 6.07 Å². The van der Waals surface area contributed by atoms with E-state index >= 15 is 0 Å². The van der Waals surface area contributed by atoms with Crippen LogP contribution in [0.15, 0.2) is 24.5 Å². The van der Waals surface area contributed by atoms with Gasteiger partial charge in [0.1, 0.15) is 0 Å². The van der Waals surface area contributed by atoms with E-state index in [2.05, 4.69) is 33.5 Å². The highest BCUT2D eigenvalue weighted by Crippen LogP contribution is 2.39. The normalized spacial score (nSPS) is 17.0. The van der Waals surface area contributed by atoms with Crippen molar-refractivity contribution < 1.29 is 0 Å². The van der Waals surface area contributed by atoms with Gasteiger partial charge in [-0.3, -0.25) is 0 Å². The third-order valence-corrected chi connectivity index (χ3v) is 4.09. The lowest BCUT2D eigenvalue weighted by molar-refractivity contribution is 0.208. The second-order valence-corrected chi connectivity index (χ2v) is 5.43. The number of fused-ring (bicyclic) bond motifs is 1. The van der Waals surface area contributed by atoms with E-state index in [4.69, 9.17) is 5.26 Å². The van der Waals surface area contributed by atoms with Crippen LogP contribution in [0.2, 0.25) is 0 Å². The molecular weight excluding hydrogens is 236 g/mol. The molecule has 19 heavy (non-hydrogen) atoms. The molecule has 98 valence electrons. The Morgan fingerprint density at radius 3 is 3.05 bits per heavy atom. The Morgan fingerprint density at radius 2 is 2.32 bits per heavy atom. The number of H-pyrrole nitrogens is 1. The maximum absolute atomic E-state index is 9.15. The molecule has 0 atom stereocenters. The van der Waals surface area contributed by atoms with Gasteiger partial charge < -0.3 is 10.3 Å². The summed E-state index contributed by atoms with van der Waals surface area (Å²) in [5.74, 6) is 0. The number of imidazole rings is 1. The van der Waals surface area contributed by atoms with Crippen LogP contribution < -0.4 is 5.32 Å². The molecule has 1 saturated carbocycles. The highest BCUT2D eigenvalue weighted by atomic mass is 14.9. The molecule has 0 unspecified atom stereocenters. The van der Waals surface area contributed by atoms with E-state index in [1.165, 1.54) is 12.0 Å². The van der Waals surface area contributed by atoms with Crippen LogP contribution >= 0.6 is 0 Å². The first-order chi connectivity index (χ1) is 9.31. The van der Waals surface area contributed by atoms with Crippen molar-refractivity contribution in [1.29, 1.82) is 5.26 Å². The summed E-state index contributed by atoms with van der Waals surface area (Å²) in [5.41, 5.74) is 3.32. The van der Waals surface area contributed by atoms with Crippen LogP contribution in [0.5, 0.6) is 0 Å². The molecule has 0 radical (unpaired) electrons. The summed E-state index contributed by atoms with van der Waals surface area (Å²) < 4.78 is 0. The molecule has 3 rings (SSSR count). The first-order valence-corrected chi connectivity index (χ1v) is 6.85. The topological polar surface area (TPSA) is 64.5 Å². The van der Waals surface area contributed by atoms with E-state index in [-0.39, 0.29) is 5.41 Å². The second-order valence-electron chi connectivity index (χ2n) is 5.43. The largest absolute Gasteiger partial charge is 0.345 e. The SMILES string of the molecule is N#CC1(CNCCc2ccc3nc[nH]c3c2)CCC1. The molecule has 2 aromatic rings. The minimum absolute atomic E-state index is 0.0761. The van der Waals surface area contributed by atoms with Crippen molar-refractivity contribution in [2.24, 2.45) is 5.41 Å². The molecular formula is C15H18N4. The summed E-state index contributed by atoms with van der Waals surface area (Å²) in [7, 11) is 0. The van der Waals surface area contributed by atoms with E-state index in [0.717, 1.165) is 43.4 Å². The molecule has 1 aliphatic rings. The minimum atomic E-state index is -0.0761. The number of aromatic amines is 1. The Kier molecular flexibility index (Phi) is 3.22. The maximum atomic E-state index is 9.15. The zero-order valence-corrected chi connectivity index (χ0v) is 10.9. The summed E-state index contributed by atoms with van der Waals surface area (Å²) in [6.07, 6.45) is 6.01. The average Bonchev–Trinajstić information content (AvgIpc) is 2.84. The summed E-state index contributed by atoms with van der Waals surface area (Å²) in [5, 5.41) is 12.6. The van der Waals surface area contributed by atoms with Gasteiger partial charge in [-0.25, -0.2) is 4.98 Å². The lowest BCUT2D eigenvalue weighted by Crippen LogP contribution is -2.39. The van der Waals surface area contributed by atoms with Crippen molar-refractivity contribution in [1.82, 2.24) is 15.3 Å². The molecule has 0 amide bonds. The van der Waals surface area contributed by atoms with E-state index in [1.54, 1.807) is 6.33 Å². The Morgan fingerprint density at radius 1 is 1.42 bits per heavy atom. The van der Waals surface area contributed by atoms with Crippen LogP contribution in [0, 0.1) is 16.7 Å². The number of nitrogens with one attached hydrogen (secondary N) is 2. The van der Waals surface area contributed by atoms with Crippen molar-refractivity contribution in [2.75, 3.05) is 13.1 Å². The van der Waals surface area contributed by atoms with Crippen molar-refractivity contribution in [2.45, 2.75) is 25.7 Å². The zero-order chi connectivity index (χ0) is 13.1. The van der Waals surface area contributed by atoms with E-state index in [9.17, 15) is 0 Å². The van der Waals surface area contributed by atoms with Gasteiger partial charge in [-0.2, -0.15) is 5.26 Å². The summed E-state index contributed by atoms with van der Waals surface area (Å²) >= 11 is 0. The van der Waals surface area contributed by atoms with E-state index < -0.39 is 0 Å². The van der Waals surface area contributed by atoms with Crippen molar-refractivity contribution >= 4 is 11.0 Å². The number of aromatic nitrogens is 2. The molecule has 1 heterocycles. The molecule has 1 aliphatic carbocycles. The standard InChI is InChI=1S/C15H18N4/c16-9-15(5-1-6-15)10-17-7-4-12-2-3-13-14(8-12)19-11-18-13/h2-3,8,11,17H,1,4-7,10H2,(H,18,19). The van der Waals surface area contributed by atoms with Gasteiger partial charge in [0.25, 0.3) is 0 Å². The Bertz CT molecular complexity index is 604. The Hall–Kier alpha value is -1.86. The number of nitriles is 1. The fraction of sp³-hybridized carbons (Fsp3) is 0.467. The number of nitrogens with zero attached hydrogens (tertiary/aromatic N) is 2. The Labute approximate surface area is 112 Å². The van der Waals surface area contributed by atoms with Gasteiger partial charge in [0.15, 0.2) is 0 Å². The smallest absolute Gasteiger partial charge is 0.0931 e. The van der Waals surface area contributed by atoms with Crippen LogP contribution in [-0.2, 0) is 6.42 Å². The van der Waals surface area contributed by atoms with E-state index in [1.807, 2.05) is 6.07 Å². The molecule has 0 saturated heterocycles. The molecule has 1 fully saturated rings. The van der Waals surface area contributed by atoms with Crippen LogP contribution in [0.1, 0.15) is 24.8 Å². The van der Waals surface area contributed by atoms with Gasteiger partial charge in [0.05, 0.1) is 28.8 Å². The number of hydrogen-bond acceptors (Lipinski definition) is 3. The molecule has 4 nitrogen and oxygen atoms in total. The van der Waals surface area contributed by atoms with Gasteiger partial charge in [0, 0.05) is 6.54 Å². The minimum Gasteiger partial charge on any atom is -0.345 e. The van der Waals surface area contributed by atoms with Crippen LogP contribution in [0.3, 0.4) is 0 Å². The van der Waals surface area contributed by atoms with Crippen molar-refractivity contribution in [3.63, 3.8) is 0 Å². The predicted molar refractivity (Wildman–Crippen MR) is 74.6 cm³/mol. The van der Waals surface area contributed by atoms with Crippen LogP contribution in [0.4, 0.5) is 0 Å². The second kappa shape index (κ2) is 5.02. The highest BCUT2D eigenvalue weighted by Gasteiger charge is 2.36. The lowest BCUT2D eigenvalue weighted by atomic mass is 9.70. The number of rotatable bonds is 5. The van der Waals surface area contributed by atoms with Crippen molar-refractivity contribution in [3.05, 3.63) is 30.1 Å². The number of benzene rings is 1. The summed E-state index contributed by atoms with van der Waals surface area (Å²) in [6, 6.07) is 8.77. The predicted octanol–water partition coefficient (Wildman–Crippen LogP) is 2.39. The van der Waals surface area contributed by atoms with Gasteiger partial charge in [-0.1, -0.05) is 12.5 Å². The van der Waals surface area contributed by atoms with Gasteiger partial charge >= 0.3 is 0 Å². The first-order valence-electron chi connectivity index (χ1n) is 6.85. The van der Waals surface area contributed by atoms with Gasteiger partial charge in [-0.05, 0) is 43.5 Å². The Balaban J connectivity index is 1.51. The summed E-state index contributed by atoms with van der Waals surface area (Å²) in [6.45, 7) is 1.75. The molecule has 0 aliphatic heterocycles. The quantitative estimate of drug-likeness (QED) is 0.805. The fourth-order valence-electron chi connectivity index (χ4n) is 2.63. The molecule has 2 N–H and O–H groups in total. The van der Waals surface area contributed by atoms with Gasteiger partial charge in [0.2, 0.25) is 0 Å². The van der Waals surface area contributed by atoms with Crippen LogP contribution in [-0.4, -0.2) is 23.1 Å². The molecule has 0 bridgehead atoms. The lowest BCUT2D eigenvalue weighted by Gasteiger charge is -2.35. The fourth-order valence-corrected chi connectivity index (χ4v) is 2.63. The zero-order valence-electron chi connectivity index (χ0n) is 10.9. The molecule has 1 aromatic heterocycles. The molecule has 4 heteroatoms. The first kappa shape index (κ1) is 12.2.